The van der Waals surface area contributed by atoms with Gasteiger partial charge in [-0.15, -0.1) is 0 Å². The Hall–Kier alpha value is -2.78. The van der Waals surface area contributed by atoms with Crippen molar-refractivity contribution in [1.29, 1.82) is 0 Å². The van der Waals surface area contributed by atoms with Crippen LogP contribution in [0.1, 0.15) is 59.2 Å². The maximum Gasteiger partial charge on any atom is 0.264 e. The largest absolute Gasteiger partial charge is 0.384 e. The topological polar surface area (TPSA) is 114 Å². The van der Waals surface area contributed by atoms with Crippen LogP contribution >= 0.6 is 0 Å². The van der Waals surface area contributed by atoms with Crippen molar-refractivity contribution in [2.24, 2.45) is 0 Å². The van der Waals surface area contributed by atoms with Gasteiger partial charge in [-0.1, -0.05) is 18.9 Å². The van der Waals surface area contributed by atoms with Crippen molar-refractivity contribution in [3.05, 3.63) is 29.3 Å². The molecule has 3 rings (SSSR count). The molecule has 4 amide bonds. The maximum atomic E-state index is 13.0. The van der Waals surface area contributed by atoms with E-state index in [2.05, 4.69) is 10.6 Å². The van der Waals surface area contributed by atoms with Crippen molar-refractivity contribution >= 4 is 29.3 Å². The van der Waals surface area contributed by atoms with Crippen molar-refractivity contribution in [2.45, 2.75) is 44.6 Å². The summed E-state index contributed by atoms with van der Waals surface area (Å²) in [6.45, 7) is 2.60. The predicted molar refractivity (Wildman–Crippen MR) is 113 cm³/mol. The summed E-state index contributed by atoms with van der Waals surface area (Å²) in [6, 6.07) is 4.12. The van der Waals surface area contributed by atoms with Crippen LogP contribution in [-0.2, 0) is 19.1 Å². The van der Waals surface area contributed by atoms with Gasteiger partial charge in [0.05, 0.1) is 24.3 Å². The zero-order valence-corrected chi connectivity index (χ0v) is 17.8. The fraction of sp³-hybridized carbons (Fsp3) is 0.545. The van der Waals surface area contributed by atoms with E-state index in [0.29, 0.717) is 31.0 Å². The summed E-state index contributed by atoms with van der Waals surface area (Å²) in [5.74, 6) is -1.98. The van der Waals surface area contributed by atoms with E-state index in [-0.39, 0.29) is 24.3 Å². The van der Waals surface area contributed by atoms with Gasteiger partial charge >= 0.3 is 0 Å². The third-order valence-corrected chi connectivity index (χ3v) is 5.43. The van der Waals surface area contributed by atoms with Gasteiger partial charge in [0.1, 0.15) is 6.04 Å². The van der Waals surface area contributed by atoms with Crippen LogP contribution < -0.4 is 10.6 Å². The number of piperidine rings is 1. The third kappa shape index (κ3) is 5.48. The van der Waals surface area contributed by atoms with Crippen molar-refractivity contribution in [3.63, 3.8) is 0 Å². The molecule has 0 aromatic heterocycles. The molecule has 0 radical (unpaired) electrons. The van der Waals surface area contributed by atoms with E-state index in [1.54, 1.807) is 25.3 Å². The quantitative estimate of drug-likeness (QED) is 0.383. The van der Waals surface area contributed by atoms with E-state index in [9.17, 15) is 19.2 Å². The number of carbonyl (C=O) groups excluding carboxylic acids is 4. The maximum absolute atomic E-state index is 13.0. The third-order valence-electron chi connectivity index (χ3n) is 5.43. The second-order valence-corrected chi connectivity index (χ2v) is 7.62. The molecular weight excluding hydrogens is 402 g/mol. The summed E-state index contributed by atoms with van der Waals surface area (Å²) in [7, 11) is 1.65. The van der Waals surface area contributed by atoms with Gasteiger partial charge in [-0.05, 0) is 31.4 Å². The number of nitrogens with one attached hydrogen (secondary N) is 2. The van der Waals surface area contributed by atoms with Gasteiger partial charge in [-0.25, -0.2) is 0 Å². The minimum Gasteiger partial charge on any atom is -0.384 e. The lowest BCUT2D eigenvalue weighted by atomic mass is 10.0. The SMILES string of the molecule is COCCOCCCCCCNc1cccc2c1C(=O)N(C1CCC(=O)NC1=O)C2=O. The number of benzene rings is 1. The normalized spacial score (nSPS) is 18.4. The molecule has 1 unspecified atom stereocenters. The number of imide groups is 2. The van der Waals surface area contributed by atoms with Gasteiger partial charge in [0.25, 0.3) is 11.8 Å². The molecule has 1 aromatic rings. The second-order valence-electron chi connectivity index (χ2n) is 7.62. The summed E-state index contributed by atoms with van der Waals surface area (Å²) in [4.78, 5) is 50.4. The Morgan fingerprint density at radius 2 is 1.84 bits per heavy atom. The highest BCUT2D eigenvalue weighted by atomic mass is 16.5. The van der Waals surface area contributed by atoms with E-state index in [0.717, 1.165) is 37.2 Å². The molecule has 1 atom stereocenters. The molecule has 1 saturated heterocycles. The number of rotatable bonds is 12. The van der Waals surface area contributed by atoms with Crippen molar-refractivity contribution < 1.29 is 28.7 Å². The van der Waals surface area contributed by atoms with Gasteiger partial charge in [-0.3, -0.25) is 29.4 Å². The highest BCUT2D eigenvalue weighted by Crippen LogP contribution is 2.32. The highest BCUT2D eigenvalue weighted by molar-refractivity contribution is 6.25. The molecule has 0 saturated carbocycles. The molecule has 2 heterocycles. The fourth-order valence-electron chi connectivity index (χ4n) is 3.81. The Morgan fingerprint density at radius 3 is 2.61 bits per heavy atom. The molecule has 31 heavy (non-hydrogen) atoms. The van der Waals surface area contributed by atoms with E-state index in [1.807, 2.05) is 0 Å². The van der Waals surface area contributed by atoms with Crippen molar-refractivity contribution in [3.8, 4) is 0 Å². The number of amides is 4. The molecule has 0 bridgehead atoms. The Labute approximate surface area is 181 Å². The van der Waals surface area contributed by atoms with Crippen molar-refractivity contribution in [1.82, 2.24) is 10.2 Å². The lowest BCUT2D eigenvalue weighted by molar-refractivity contribution is -0.136. The summed E-state index contributed by atoms with van der Waals surface area (Å²) >= 11 is 0. The molecule has 0 spiro atoms. The lowest BCUT2D eigenvalue weighted by Crippen LogP contribution is -2.54. The molecule has 9 nitrogen and oxygen atoms in total. The highest BCUT2D eigenvalue weighted by Gasteiger charge is 2.45. The monoisotopic (exact) mass is 431 g/mol. The van der Waals surface area contributed by atoms with Gasteiger partial charge in [0.2, 0.25) is 11.8 Å². The number of ether oxygens (including phenoxy) is 2. The van der Waals surface area contributed by atoms with E-state index >= 15 is 0 Å². The van der Waals surface area contributed by atoms with Gasteiger partial charge in [-0.2, -0.15) is 0 Å². The zero-order valence-electron chi connectivity index (χ0n) is 17.8. The van der Waals surface area contributed by atoms with Crippen LogP contribution in [0.3, 0.4) is 0 Å². The number of anilines is 1. The molecule has 1 fully saturated rings. The van der Waals surface area contributed by atoms with Crippen LogP contribution in [0.15, 0.2) is 18.2 Å². The molecule has 2 aliphatic heterocycles. The minimum absolute atomic E-state index is 0.104. The lowest BCUT2D eigenvalue weighted by Gasteiger charge is -2.27. The number of carbonyl (C=O) groups is 4. The summed E-state index contributed by atoms with van der Waals surface area (Å²) in [5.41, 5.74) is 1.17. The van der Waals surface area contributed by atoms with Crippen LogP contribution in [0.4, 0.5) is 5.69 Å². The molecule has 0 aliphatic carbocycles. The first kappa shape index (κ1) is 22.9. The number of hydrogen-bond acceptors (Lipinski definition) is 7. The Bertz CT molecular complexity index is 841. The van der Waals surface area contributed by atoms with Crippen LogP contribution in [0, 0.1) is 0 Å². The standard InChI is InChI=1S/C22H29N3O6/c1-30-13-14-31-12-5-3-2-4-11-23-16-8-6-7-15-19(16)22(29)25(21(15)28)17-9-10-18(26)24-20(17)27/h6-8,17,23H,2-5,9-14H2,1H3,(H,24,26,27). The number of unbranched alkanes of at least 4 members (excludes halogenated alkanes) is 3. The van der Waals surface area contributed by atoms with E-state index in [4.69, 9.17) is 9.47 Å². The zero-order chi connectivity index (χ0) is 22.2. The number of hydrogen-bond donors (Lipinski definition) is 2. The Balaban J connectivity index is 1.51. The van der Waals surface area contributed by atoms with Crippen LogP contribution in [0.25, 0.3) is 0 Å². The number of methoxy groups -OCH3 is 1. The minimum atomic E-state index is -0.955. The van der Waals surface area contributed by atoms with Gasteiger partial charge in [0, 0.05) is 32.4 Å². The number of fused-ring (bicyclic) bond motifs is 1. The van der Waals surface area contributed by atoms with Gasteiger partial charge < -0.3 is 14.8 Å². The molecular formula is C22H29N3O6. The summed E-state index contributed by atoms with van der Waals surface area (Å²) < 4.78 is 10.4. The predicted octanol–water partition coefficient (Wildman–Crippen LogP) is 1.72. The van der Waals surface area contributed by atoms with Crippen LogP contribution in [-0.4, -0.2) is 68.0 Å². The van der Waals surface area contributed by atoms with Crippen LogP contribution in [0.2, 0.25) is 0 Å². The Kier molecular flexibility index (Phi) is 8.13. The molecule has 9 heteroatoms. The van der Waals surface area contributed by atoms with Gasteiger partial charge in [0.15, 0.2) is 0 Å². The molecule has 1 aromatic carbocycles. The molecule has 168 valence electrons. The number of nitrogens with zero attached hydrogens (tertiary/aromatic N) is 1. The smallest absolute Gasteiger partial charge is 0.264 e. The average molecular weight is 431 g/mol. The fourth-order valence-corrected chi connectivity index (χ4v) is 3.81. The molecule has 2 aliphatic rings. The van der Waals surface area contributed by atoms with E-state index < -0.39 is 23.8 Å². The Morgan fingerprint density at radius 1 is 1.03 bits per heavy atom. The van der Waals surface area contributed by atoms with Crippen LogP contribution in [0.5, 0.6) is 0 Å². The second kappa shape index (κ2) is 11.0. The first-order valence-electron chi connectivity index (χ1n) is 10.7. The average Bonchev–Trinajstić information content (AvgIpc) is 3.01. The van der Waals surface area contributed by atoms with Crippen molar-refractivity contribution in [2.75, 3.05) is 38.8 Å². The first-order chi connectivity index (χ1) is 15.0. The van der Waals surface area contributed by atoms with E-state index in [1.165, 1.54) is 0 Å². The first-order valence-corrected chi connectivity index (χ1v) is 10.7. The summed E-state index contributed by atoms with van der Waals surface area (Å²) in [6.07, 6.45) is 4.21. The summed E-state index contributed by atoms with van der Waals surface area (Å²) in [5, 5.41) is 5.46. The molecule has 2 N–H and O–H groups in total.